The smallest absolute Gasteiger partial charge is 0.220 e. The van der Waals surface area contributed by atoms with Crippen molar-refractivity contribution < 1.29 is 0 Å². The quantitative estimate of drug-likeness (QED) is 0.653. The predicted molar refractivity (Wildman–Crippen MR) is 51.7 cm³/mol. The molecule has 0 bridgehead atoms. The number of anilines is 1. The highest BCUT2D eigenvalue weighted by atomic mass is 15.4. The topological polar surface area (TPSA) is 82.0 Å². The average molecular weight is 192 g/mol. The van der Waals surface area contributed by atoms with E-state index < -0.39 is 0 Å². The van der Waals surface area contributed by atoms with Crippen molar-refractivity contribution in [3.63, 3.8) is 0 Å². The highest BCUT2D eigenvalue weighted by molar-refractivity contribution is 5.57. The van der Waals surface area contributed by atoms with Gasteiger partial charge in [0.2, 0.25) is 5.65 Å². The van der Waals surface area contributed by atoms with Gasteiger partial charge in [0.15, 0.2) is 11.6 Å². The molecule has 74 valence electrons. The maximum absolute atomic E-state index is 5.64. The Bertz CT molecular complexity index is 466. The van der Waals surface area contributed by atoms with Crippen LogP contribution in [0.1, 0.15) is 26.6 Å². The van der Waals surface area contributed by atoms with Crippen LogP contribution in [-0.2, 0) is 5.41 Å². The fourth-order valence-electron chi connectivity index (χ4n) is 1.21. The van der Waals surface area contributed by atoms with Gasteiger partial charge in [0.05, 0.1) is 0 Å². The van der Waals surface area contributed by atoms with Crippen LogP contribution >= 0.6 is 0 Å². The van der Waals surface area contributed by atoms with E-state index in [1.165, 1.54) is 6.33 Å². The fourth-order valence-corrected chi connectivity index (χ4v) is 1.21. The average Bonchev–Trinajstić information content (AvgIpc) is 2.47. The standard InChI is InChI=1S/C8H12N6/c1-8(2,3)7-13-12-6-5(9)10-4-11-14(6)7/h4H,1-3H3,(H2,9,10,11). The van der Waals surface area contributed by atoms with Gasteiger partial charge >= 0.3 is 0 Å². The fraction of sp³-hybridized carbons (Fsp3) is 0.500. The summed E-state index contributed by atoms with van der Waals surface area (Å²) in [7, 11) is 0. The third kappa shape index (κ3) is 1.19. The molecule has 2 aromatic rings. The molecule has 2 heterocycles. The van der Waals surface area contributed by atoms with Crippen LogP contribution in [0.2, 0.25) is 0 Å². The molecule has 6 nitrogen and oxygen atoms in total. The van der Waals surface area contributed by atoms with Crippen LogP contribution < -0.4 is 5.73 Å². The Morgan fingerprint density at radius 1 is 1.29 bits per heavy atom. The lowest BCUT2D eigenvalue weighted by molar-refractivity contribution is 0.526. The maximum Gasteiger partial charge on any atom is 0.220 e. The highest BCUT2D eigenvalue weighted by Crippen LogP contribution is 2.20. The second kappa shape index (κ2) is 2.63. The molecular weight excluding hydrogens is 180 g/mol. The summed E-state index contributed by atoms with van der Waals surface area (Å²) in [6.07, 6.45) is 1.40. The first kappa shape index (κ1) is 8.86. The zero-order chi connectivity index (χ0) is 10.3. The van der Waals surface area contributed by atoms with Crippen LogP contribution in [0, 0.1) is 0 Å². The van der Waals surface area contributed by atoms with E-state index in [1.807, 2.05) is 20.8 Å². The van der Waals surface area contributed by atoms with E-state index in [2.05, 4.69) is 20.3 Å². The first-order valence-corrected chi connectivity index (χ1v) is 4.32. The molecule has 0 aliphatic heterocycles. The molecule has 0 fully saturated rings. The van der Waals surface area contributed by atoms with Crippen molar-refractivity contribution in [3.8, 4) is 0 Å². The van der Waals surface area contributed by atoms with Crippen molar-refractivity contribution in [1.82, 2.24) is 24.8 Å². The van der Waals surface area contributed by atoms with Gasteiger partial charge in [0.1, 0.15) is 6.33 Å². The summed E-state index contributed by atoms with van der Waals surface area (Å²) in [6.45, 7) is 6.13. The van der Waals surface area contributed by atoms with Gasteiger partial charge in [-0.25, -0.2) is 4.98 Å². The van der Waals surface area contributed by atoms with Crippen molar-refractivity contribution in [3.05, 3.63) is 12.2 Å². The Kier molecular flexibility index (Phi) is 1.67. The van der Waals surface area contributed by atoms with Gasteiger partial charge in [-0.1, -0.05) is 20.8 Å². The highest BCUT2D eigenvalue weighted by Gasteiger charge is 2.22. The Morgan fingerprint density at radius 2 is 2.00 bits per heavy atom. The maximum atomic E-state index is 5.64. The lowest BCUT2D eigenvalue weighted by atomic mass is 9.96. The molecule has 0 atom stereocenters. The Hall–Kier alpha value is -1.72. The number of fused-ring (bicyclic) bond motifs is 1. The lowest BCUT2D eigenvalue weighted by Crippen LogP contribution is -2.17. The summed E-state index contributed by atoms with van der Waals surface area (Å²) in [5, 5.41) is 12.1. The van der Waals surface area contributed by atoms with Crippen molar-refractivity contribution in [2.24, 2.45) is 0 Å². The van der Waals surface area contributed by atoms with E-state index in [9.17, 15) is 0 Å². The predicted octanol–water partition coefficient (Wildman–Crippen LogP) is 0.399. The molecule has 0 radical (unpaired) electrons. The lowest BCUT2D eigenvalue weighted by Gasteiger charge is -2.14. The summed E-state index contributed by atoms with van der Waals surface area (Å²) >= 11 is 0. The minimum absolute atomic E-state index is 0.111. The number of hydrogen-bond acceptors (Lipinski definition) is 5. The molecule has 2 rings (SSSR count). The van der Waals surface area contributed by atoms with E-state index in [4.69, 9.17) is 5.73 Å². The van der Waals surface area contributed by atoms with Gasteiger partial charge in [0.25, 0.3) is 0 Å². The summed E-state index contributed by atoms with van der Waals surface area (Å²) in [6, 6.07) is 0. The second-order valence-corrected chi connectivity index (χ2v) is 4.15. The van der Waals surface area contributed by atoms with E-state index in [0.29, 0.717) is 11.5 Å². The minimum Gasteiger partial charge on any atom is -0.380 e. The first-order valence-electron chi connectivity index (χ1n) is 4.32. The number of nitrogens with zero attached hydrogens (tertiary/aromatic N) is 5. The van der Waals surface area contributed by atoms with Gasteiger partial charge < -0.3 is 5.73 Å². The zero-order valence-electron chi connectivity index (χ0n) is 8.39. The number of nitrogens with two attached hydrogens (primary N) is 1. The SMILES string of the molecule is CC(C)(C)c1nnc2c(N)ncnn12. The van der Waals surface area contributed by atoms with E-state index in [0.717, 1.165) is 5.82 Å². The van der Waals surface area contributed by atoms with Gasteiger partial charge in [-0.2, -0.15) is 9.61 Å². The minimum atomic E-state index is -0.111. The Morgan fingerprint density at radius 3 is 2.64 bits per heavy atom. The van der Waals surface area contributed by atoms with Gasteiger partial charge in [-0.15, -0.1) is 10.2 Å². The number of hydrogen-bond donors (Lipinski definition) is 1. The third-order valence-corrected chi connectivity index (χ3v) is 1.90. The summed E-state index contributed by atoms with van der Waals surface area (Å²) in [5.74, 6) is 1.13. The molecule has 2 aromatic heterocycles. The molecular formula is C8H12N6. The van der Waals surface area contributed by atoms with E-state index >= 15 is 0 Å². The summed E-state index contributed by atoms with van der Waals surface area (Å²) < 4.78 is 1.63. The molecule has 0 saturated carbocycles. The normalized spacial score (nSPS) is 12.2. The van der Waals surface area contributed by atoms with E-state index in [-0.39, 0.29) is 5.41 Å². The summed E-state index contributed by atoms with van der Waals surface area (Å²) in [5.41, 5.74) is 6.04. The van der Waals surface area contributed by atoms with Crippen LogP contribution in [0.3, 0.4) is 0 Å². The van der Waals surface area contributed by atoms with Crippen LogP contribution in [0.5, 0.6) is 0 Å². The van der Waals surface area contributed by atoms with Gasteiger partial charge in [-0.05, 0) is 0 Å². The Labute approximate surface area is 81.2 Å². The molecule has 0 spiro atoms. The number of nitrogen functional groups attached to an aromatic ring is 1. The molecule has 0 unspecified atom stereocenters. The van der Waals surface area contributed by atoms with Crippen molar-refractivity contribution in [2.45, 2.75) is 26.2 Å². The van der Waals surface area contributed by atoms with Gasteiger partial charge in [-0.3, -0.25) is 0 Å². The molecule has 0 aliphatic carbocycles. The Balaban J connectivity index is 2.76. The molecule has 0 aliphatic rings. The third-order valence-electron chi connectivity index (χ3n) is 1.90. The van der Waals surface area contributed by atoms with E-state index in [1.54, 1.807) is 4.52 Å². The molecule has 2 N–H and O–H groups in total. The number of rotatable bonds is 0. The first-order chi connectivity index (χ1) is 6.50. The molecule has 0 saturated heterocycles. The van der Waals surface area contributed by atoms with Crippen LogP contribution in [0.4, 0.5) is 5.82 Å². The van der Waals surface area contributed by atoms with Crippen LogP contribution in [0.15, 0.2) is 6.33 Å². The molecule has 0 amide bonds. The zero-order valence-corrected chi connectivity index (χ0v) is 8.39. The molecule has 14 heavy (non-hydrogen) atoms. The molecule has 6 heteroatoms. The van der Waals surface area contributed by atoms with Crippen molar-refractivity contribution in [1.29, 1.82) is 0 Å². The monoisotopic (exact) mass is 192 g/mol. The van der Waals surface area contributed by atoms with Crippen LogP contribution in [0.25, 0.3) is 5.65 Å². The van der Waals surface area contributed by atoms with Crippen LogP contribution in [-0.4, -0.2) is 24.8 Å². The second-order valence-electron chi connectivity index (χ2n) is 4.15. The van der Waals surface area contributed by atoms with Gasteiger partial charge in [0, 0.05) is 5.41 Å². The largest absolute Gasteiger partial charge is 0.380 e. The number of aromatic nitrogens is 5. The van der Waals surface area contributed by atoms with Crippen molar-refractivity contribution >= 4 is 11.5 Å². The van der Waals surface area contributed by atoms with Crippen molar-refractivity contribution in [2.75, 3.05) is 5.73 Å². The molecule has 0 aromatic carbocycles. The summed E-state index contributed by atoms with van der Waals surface area (Å²) in [4.78, 5) is 3.85.